The average molecular weight is 381 g/mol. The molecule has 3 atom stereocenters. The van der Waals surface area contributed by atoms with Gasteiger partial charge in [-0.3, -0.25) is 9.69 Å². The number of carbonyl (C=O) groups is 1. The summed E-state index contributed by atoms with van der Waals surface area (Å²) in [5.41, 5.74) is 0.590. The van der Waals surface area contributed by atoms with Gasteiger partial charge in [-0.15, -0.1) is 10.2 Å². The number of carbonyl (C=O) groups excluding carboxylic acids is 1. The van der Waals surface area contributed by atoms with E-state index in [0.717, 1.165) is 25.8 Å². The predicted molar refractivity (Wildman–Crippen MR) is 103 cm³/mol. The molecule has 6 nitrogen and oxygen atoms in total. The molecule has 3 rings (SSSR count). The minimum atomic E-state index is 0.118. The highest BCUT2D eigenvalue weighted by Crippen LogP contribution is 2.52. The van der Waals surface area contributed by atoms with Crippen molar-refractivity contribution in [3.05, 3.63) is 5.89 Å². The van der Waals surface area contributed by atoms with Crippen LogP contribution >= 0.6 is 11.8 Å². The lowest BCUT2D eigenvalue weighted by molar-refractivity contribution is -0.129. The van der Waals surface area contributed by atoms with Crippen LogP contribution in [0.2, 0.25) is 0 Å². The van der Waals surface area contributed by atoms with Gasteiger partial charge in [0.15, 0.2) is 0 Å². The number of nitrogens with zero attached hydrogens (tertiary/aromatic N) is 4. The van der Waals surface area contributed by atoms with Crippen molar-refractivity contribution in [1.82, 2.24) is 20.0 Å². The molecule has 146 valence electrons. The van der Waals surface area contributed by atoms with E-state index in [1.165, 1.54) is 18.2 Å². The lowest BCUT2D eigenvalue weighted by Crippen LogP contribution is -2.38. The lowest BCUT2D eigenvalue weighted by atomic mass is 9.65. The molecule has 2 fully saturated rings. The molecule has 1 aliphatic heterocycles. The van der Waals surface area contributed by atoms with Crippen molar-refractivity contribution in [3.63, 3.8) is 0 Å². The van der Waals surface area contributed by atoms with Crippen molar-refractivity contribution < 1.29 is 9.21 Å². The van der Waals surface area contributed by atoms with Crippen LogP contribution in [0.15, 0.2) is 9.64 Å². The van der Waals surface area contributed by atoms with Crippen molar-refractivity contribution in [2.24, 2.45) is 10.8 Å². The summed E-state index contributed by atoms with van der Waals surface area (Å²) in [6.45, 7) is 9.97. The molecule has 0 radical (unpaired) electrons. The Bertz CT molecular complexity index is 660. The summed E-state index contributed by atoms with van der Waals surface area (Å²) in [6.07, 6.45) is 4.34. The molecule has 0 aromatic carbocycles. The standard InChI is InChI=1S/C19H32N4O2S/c1-7-14(22(5)6)16-20-21-17(25-16)26-10-15(24)23-12-19(4)9-13(23)8-18(2,3)11-19/h13-14H,7-12H2,1-6H3/t13-,14-,19-/m0/s1. The third kappa shape index (κ3) is 4.09. The lowest BCUT2D eigenvalue weighted by Gasteiger charge is -2.39. The fourth-order valence-electron chi connectivity index (χ4n) is 5.13. The van der Waals surface area contributed by atoms with Gasteiger partial charge in [-0.25, -0.2) is 0 Å². The van der Waals surface area contributed by atoms with Gasteiger partial charge in [-0.05, 0) is 50.6 Å². The fourth-order valence-corrected chi connectivity index (χ4v) is 5.79. The Kier molecular flexibility index (Phi) is 5.41. The first-order valence-electron chi connectivity index (χ1n) is 9.54. The maximum Gasteiger partial charge on any atom is 0.277 e. The summed E-state index contributed by atoms with van der Waals surface area (Å²) in [7, 11) is 4.00. The SMILES string of the molecule is CC[C@@H](c1nnc(SCC(=O)N2C[C@@]3(C)C[C@@H]2CC(C)(C)C3)o1)N(C)C. The molecule has 1 aromatic rings. The highest BCUT2D eigenvalue weighted by Gasteiger charge is 2.50. The van der Waals surface area contributed by atoms with E-state index in [-0.39, 0.29) is 17.4 Å². The van der Waals surface area contributed by atoms with E-state index < -0.39 is 0 Å². The molecule has 26 heavy (non-hydrogen) atoms. The second-order valence-corrected chi connectivity index (χ2v) is 10.2. The van der Waals surface area contributed by atoms with Crippen LogP contribution in [0.25, 0.3) is 0 Å². The summed E-state index contributed by atoms with van der Waals surface area (Å²) in [5.74, 6) is 1.19. The maximum atomic E-state index is 12.8. The van der Waals surface area contributed by atoms with Gasteiger partial charge in [0, 0.05) is 12.6 Å². The topological polar surface area (TPSA) is 62.5 Å². The Labute approximate surface area is 161 Å². The summed E-state index contributed by atoms with van der Waals surface area (Å²) in [5, 5.41) is 8.77. The molecule has 0 unspecified atom stereocenters. The van der Waals surface area contributed by atoms with Gasteiger partial charge in [0.1, 0.15) is 0 Å². The van der Waals surface area contributed by atoms with E-state index in [9.17, 15) is 4.79 Å². The van der Waals surface area contributed by atoms with Crippen molar-refractivity contribution >= 4 is 17.7 Å². The summed E-state index contributed by atoms with van der Waals surface area (Å²) in [6, 6.07) is 0.501. The van der Waals surface area contributed by atoms with Gasteiger partial charge in [0.2, 0.25) is 11.8 Å². The molecule has 2 heterocycles. The Hall–Kier alpha value is -1.08. The number of amides is 1. The number of likely N-dealkylation sites (tertiary alicyclic amines) is 1. The van der Waals surface area contributed by atoms with E-state index >= 15 is 0 Å². The third-order valence-corrected chi connectivity index (χ3v) is 6.57. The van der Waals surface area contributed by atoms with Crippen LogP contribution in [0.5, 0.6) is 0 Å². The number of rotatable bonds is 6. The molecule has 0 spiro atoms. The largest absolute Gasteiger partial charge is 0.414 e. The molecule has 2 bridgehead atoms. The molecular formula is C19H32N4O2S. The van der Waals surface area contributed by atoms with Crippen molar-refractivity contribution in [3.8, 4) is 0 Å². The van der Waals surface area contributed by atoms with Crippen LogP contribution in [0.3, 0.4) is 0 Å². The molecule has 1 saturated heterocycles. The highest BCUT2D eigenvalue weighted by atomic mass is 32.2. The first kappa shape index (κ1) is 19.7. The zero-order valence-corrected chi connectivity index (χ0v) is 17.7. The Morgan fingerprint density at radius 2 is 2.08 bits per heavy atom. The summed E-state index contributed by atoms with van der Waals surface area (Å²) < 4.78 is 5.78. The monoisotopic (exact) mass is 380 g/mol. The van der Waals surface area contributed by atoms with Crippen molar-refractivity contribution in [1.29, 1.82) is 0 Å². The predicted octanol–water partition coefficient (Wildman–Crippen LogP) is 3.60. The van der Waals surface area contributed by atoms with Crippen LogP contribution in [-0.4, -0.2) is 58.3 Å². The first-order chi connectivity index (χ1) is 12.1. The minimum Gasteiger partial charge on any atom is -0.414 e. The summed E-state index contributed by atoms with van der Waals surface area (Å²) >= 11 is 1.36. The number of hydrogen-bond acceptors (Lipinski definition) is 6. The first-order valence-corrected chi connectivity index (χ1v) is 10.5. The van der Waals surface area contributed by atoms with E-state index in [2.05, 4.69) is 47.7 Å². The van der Waals surface area contributed by atoms with Crippen LogP contribution in [0.4, 0.5) is 0 Å². The molecule has 2 aliphatic rings. The second kappa shape index (κ2) is 7.15. The Morgan fingerprint density at radius 1 is 1.35 bits per heavy atom. The molecule has 0 N–H and O–H groups in total. The number of thioether (sulfide) groups is 1. The Morgan fingerprint density at radius 3 is 2.73 bits per heavy atom. The maximum absolute atomic E-state index is 12.8. The fraction of sp³-hybridized carbons (Fsp3) is 0.842. The zero-order chi connectivity index (χ0) is 19.1. The molecule has 7 heteroatoms. The quantitative estimate of drug-likeness (QED) is 0.703. The molecular weight excluding hydrogens is 348 g/mol. The molecule has 1 amide bonds. The third-order valence-electron chi connectivity index (χ3n) is 5.77. The van der Waals surface area contributed by atoms with Crippen LogP contribution in [-0.2, 0) is 4.79 Å². The highest BCUT2D eigenvalue weighted by molar-refractivity contribution is 7.99. The minimum absolute atomic E-state index is 0.118. The van der Waals surface area contributed by atoms with Crippen molar-refractivity contribution in [2.45, 2.75) is 70.7 Å². The van der Waals surface area contributed by atoms with Crippen molar-refractivity contribution in [2.75, 3.05) is 26.4 Å². The van der Waals surface area contributed by atoms with E-state index in [0.29, 0.717) is 28.3 Å². The number of aromatic nitrogens is 2. The van der Waals surface area contributed by atoms with E-state index in [4.69, 9.17) is 4.42 Å². The van der Waals surface area contributed by atoms with Gasteiger partial charge in [0.05, 0.1) is 11.8 Å². The van der Waals surface area contributed by atoms with Gasteiger partial charge in [-0.1, -0.05) is 39.5 Å². The van der Waals surface area contributed by atoms with Crippen LogP contribution in [0.1, 0.15) is 65.3 Å². The molecule has 1 aromatic heterocycles. The molecule has 1 saturated carbocycles. The van der Waals surface area contributed by atoms with E-state index in [1.807, 2.05) is 14.1 Å². The van der Waals surface area contributed by atoms with Gasteiger partial charge in [0.25, 0.3) is 5.22 Å². The van der Waals surface area contributed by atoms with Crippen LogP contribution in [0, 0.1) is 10.8 Å². The van der Waals surface area contributed by atoms with Gasteiger partial charge in [-0.2, -0.15) is 0 Å². The zero-order valence-electron chi connectivity index (χ0n) is 16.9. The molecule has 1 aliphatic carbocycles. The second-order valence-electron chi connectivity index (χ2n) is 9.32. The van der Waals surface area contributed by atoms with Crippen LogP contribution < -0.4 is 0 Å². The Balaban J connectivity index is 1.59. The normalized spacial score (nSPS) is 28.6. The van der Waals surface area contributed by atoms with Gasteiger partial charge >= 0.3 is 0 Å². The van der Waals surface area contributed by atoms with E-state index in [1.54, 1.807) is 0 Å². The number of fused-ring (bicyclic) bond motifs is 2. The summed E-state index contributed by atoms with van der Waals surface area (Å²) in [4.78, 5) is 17.0. The van der Waals surface area contributed by atoms with Gasteiger partial charge < -0.3 is 9.32 Å². The smallest absolute Gasteiger partial charge is 0.277 e. The number of hydrogen-bond donors (Lipinski definition) is 0. The average Bonchev–Trinajstić information content (AvgIpc) is 3.06.